The fraction of sp³-hybridized carbons (Fsp3) is 0.0833. The van der Waals surface area contributed by atoms with Gasteiger partial charge in [-0.3, -0.25) is 10.1 Å². The van der Waals surface area contributed by atoms with E-state index in [0.29, 0.717) is 11.6 Å². The Balaban J connectivity index is 2.02. The highest BCUT2D eigenvalue weighted by Gasteiger charge is 2.05. The standard InChI is InChI=1S/C12H11N3O2S/c13-12-9(2-1-7-14-12)8-18-11-5-3-10(4-6-11)15(16)17/h1-7H,8H2,(H2,13,14). The Morgan fingerprint density at radius 1 is 1.28 bits per heavy atom. The first-order valence-corrected chi connectivity index (χ1v) is 6.22. The van der Waals surface area contributed by atoms with Gasteiger partial charge in [0.05, 0.1) is 4.92 Å². The first kappa shape index (κ1) is 12.4. The molecule has 0 unspecified atom stereocenters. The van der Waals surface area contributed by atoms with E-state index < -0.39 is 4.92 Å². The number of nitro groups is 1. The van der Waals surface area contributed by atoms with Gasteiger partial charge in [0, 0.05) is 34.5 Å². The molecule has 0 radical (unpaired) electrons. The van der Waals surface area contributed by atoms with Crippen molar-refractivity contribution in [2.45, 2.75) is 10.6 Å². The van der Waals surface area contributed by atoms with Crippen molar-refractivity contribution in [3.63, 3.8) is 0 Å². The minimum atomic E-state index is -0.409. The largest absolute Gasteiger partial charge is 0.383 e. The predicted molar refractivity (Wildman–Crippen MR) is 71.3 cm³/mol. The third-order valence-electron chi connectivity index (χ3n) is 2.37. The average molecular weight is 261 g/mol. The highest BCUT2D eigenvalue weighted by Crippen LogP contribution is 2.26. The Labute approximate surface area is 108 Å². The van der Waals surface area contributed by atoms with Gasteiger partial charge in [-0.1, -0.05) is 6.07 Å². The van der Waals surface area contributed by atoms with Gasteiger partial charge in [-0.05, 0) is 18.2 Å². The highest BCUT2D eigenvalue weighted by atomic mass is 32.2. The number of benzene rings is 1. The van der Waals surface area contributed by atoms with Crippen LogP contribution in [-0.4, -0.2) is 9.91 Å². The number of nitro benzene ring substituents is 1. The third kappa shape index (κ3) is 2.98. The van der Waals surface area contributed by atoms with Crippen molar-refractivity contribution in [1.29, 1.82) is 0 Å². The lowest BCUT2D eigenvalue weighted by molar-refractivity contribution is -0.384. The van der Waals surface area contributed by atoms with Gasteiger partial charge >= 0.3 is 0 Å². The molecule has 0 saturated carbocycles. The molecular weight excluding hydrogens is 250 g/mol. The summed E-state index contributed by atoms with van der Waals surface area (Å²) in [4.78, 5) is 15.1. The van der Waals surface area contributed by atoms with Crippen LogP contribution in [0.25, 0.3) is 0 Å². The Morgan fingerprint density at radius 3 is 2.61 bits per heavy atom. The van der Waals surface area contributed by atoms with Crippen LogP contribution in [-0.2, 0) is 5.75 Å². The maximum absolute atomic E-state index is 10.5. The summed E-state index contributed by atoms with van der Waals surface area (Å²) in [5.41, 5.74) is 6.79. The lowest BCUT2D eigenvalue weighted by Gasteiger charge is -2.04. The molecule has 2 N–H and O–H groups in total. The number of anilines is 1. The monoisotopic (exact) mass is 261 g/mol. The van der Waals surface area contributed by atoms with Gasteiger partial charge in [-0.2, -0.15) is 0 Å². The van der Waals surface area contributed by atoms with Crippen molar-refractivity contribution >= 4 is 23.3 Å². The van der Waals surface area contributed by atoms with E-state index in [1.165, 1.54) is 12.1 Å². The molecule has 0 fully saturated rings. The van der Waals surface area contributed by atoms with Crippen molar-refractivity contribution in [2.75, 3.05) is 5.73 Å². The van der Waals surface area contributed by atoms with Crippen LogP contribution >= 0.6 is 11.8 Å². The zero-order valence-electron chi connectivity index (χ0n) is 9.45. The molecule has 92 valence electrons. The van der Waals surface area contributed by atoms with E-state index in [4.69, 9.17) is 5.73 Å². The molecule has 0 saturated heterocycles. The SMILES string of the molecule is Nc1ncccc1CSc1ccc([N+](=O)[O-])cc1. The van der Waals surface area contributed by atoms with Crippen molar-refractivity contribution in [1.82, 2.24) is 4.98 Å². The van der Waals surface area contributed by atoms with Gasteiger partial charge in [0.2, 0.25) is 0 Å². The smallest absolute Gasteiger partial charge is 0.269 e. The van der Waals surface area contributed by atoms with Gasteiger partial charge in [-0.15, -0.1) is 11.8 Å². The predicted octanol–water partition coefficient (Wildman–Crippen LogP) is 2.86. The Kier molecular flexibility index (Phi) is 3.78. The van der Waals surface area contributed by atoms with Crippen LogP contribution in [0.4, 0.5) is 11.5 Å². The number of pyridine rings is 1. The summed E-state index contributed by atoms with van der Waals surface area (Å²) >= 11 is 1.57. The quantitative estimate of drug-likeness (QED) is 0.520. The molecule has 0 aliphatic carbocycles. The zero-order valence-corrected chi connectivity index (χ0v) is 10.3. The normalized spacial score (nSPS) is 10.2. The summed E-state index contributed by atoms with van der Waals surface area (Å²) in [7, 11) is 0. The van der Waals surface area contributed by atoms with Crippen molar-refractivity contribution in [3.05, 3.63) is 58.3 Å². The summed E-state index contributed by atoms with van der Waals surface area (Å²) in [5.74, 6) is 1.21. The summed E-state index contributed by atoms with van der Waals surface area (Å²) in [6, 6.07) is 10.2. The molecule has 0 spiro atoms. The second-order valence-electron chi connectivity index (χ2n) is 3.59. The molecule has 6 heteroatoms. The average Bonchev–Trinajstić information content (AvgIpc) is 2.38. The Hall–Kier alpha value is -2.08. The van der Waals surface area contributed by atoms with Crippen molar-refractivity contribution in [3.8, 4) is 0 Å². The Bertz CT molecular complexity index is 558. The molecule has 0 bridgehead atoms. The van der Waals surface area contributed by atoms with Crippen LogP contribution in [0, 0.1) is 10.1 Å². The molecule has 1 aromatic heterocycles. The Morgan fingerprint density at radius 2 is 2.00 bits per heavy atom. The molecule has 1 aromatic carbocycles. The van der Waals surface area contributed by atoms with E-state index >= 15 is 0 Å². The van der Waals surface area contributed by atoms with Gasteiger partial charge < -0.3 is 5.73 Å². The van der Waals surface area contributed by atoms with Gasteiger partial charge in [-0.25, -0.2) is 4.98 Å². The molecule has 2 rings (SSSR count). The molecule has 0 aliphatic heterocycles. The number of nitrogens with two attached hydrogens (primary N) is 1. The van der Waals surface area contributed by atoms with E-state index in [2.05, 4.69) is 4.98 Å². The second kappa shape index (κ2) is 5.50. The molecule has 2 aromatic rings. The van der Waals surface area contributed by atoms with Crippen LogP contribution in [0.3, 0.4) is 0 Å². The number of non-ortho nitro benzene ring substituents is 1. The number of aromatic nitrogens is 1. The van der Waals surface area contributed by atoms with Crippen LogP contribution in [0.5, 0.6) is 0 Å². The maximum atomic E-state index is 10.5. The van der Waals surface area contributed by atoms with Gasteiger partial charge in [0.15, 0.2) is 0 Å². The molecule has 0 atom stereocenters. The first-order valence-electron chi connectivity index (χ1n) is 5.23. The fourth-order valence-corrected chi connectivity index (χ4v) is 2.29. The van der Waals surface area contributed by atoms with E-state index in [1.54, 1.807) is 30.1 Å². The number of rotatable bonds is 4. The summed E-state index contributed by atoms with van der Waals surface area (Å²) < 4.78 is 0. The van der Waals surface area contributed by atoms with E-state index in [-0.39, 0.29) is 5.69 Å². The minimum Gasteiger partial charge on any atom is -0.383 e. The molecule has 1 heterocycles. The number of nitrogens with zero attached hydrogens (tertiary/aromatic N) is 2. The second-order valence-corrected chi connectivity index (χ2v) is 4.64. The molecule has 5 nitrogen and oxygen atoms in total. The highest BCUT2D eigenvalue weighted by molar-refractivity contribution is 7.98. The fourth-order valence-electron chi connectivity index (χ4n) is 1.40. The summed E-state index contributed by atoms with van der Waals surface area (Å²) in [6.45, 7) is 0. The number of hydrogen-bond donors (Lipinski definition) is 1. The topological polar surface area (TPSA) is 82.0 Å². The van der Waals surface area contributed by atoms with Crippen molar-refractivity contribution < 1.29 is 4.92 Å². The summed E-state index contributed by atoms with van der Waals surface area (Å²) in [5, 5.41) is 10.5. The number of thioether (sulfide) groups is 1. The van der Waals surface area contributed by atoms with Crippen LogP contribution in [0.1, 0.15) is 5.56 Å². The lowest BCUT2D eigenvalue weighted by Crippen LogP contribution is -1.95. The van der Waals surface area contributed by atoms with Crippen molar-refractivity contribution in [2.24, 2.45) is 0 Å². The van der Waals surface area contributed by atoms with Crippen LogP contribution in [0.2, 0.25) is 0 Å². The molecule has 18 heavy (non-hydrogen) atoms. The maximum Gasteiger partial charge on any atom is 0.269 e. The van der Waals surface area contributed by atoms with Gasteiger partial charge in [0.25, 0.3) is 5.69 Å². The number of hydrogen-bond acceptors (Lipinski definition) is 5. The summed E-state index contributed by atoms with van der Waals surface area (Å²) in [6.07, 6.45) is 1.65. The molecule has 0 aliphatic rings. The molecular formula is C12H11N3O2S. The van der Waals surface area contributed by atoms with E-state index in [0.717, 1.165) is 10.5 Å². The minimum absolute atomic E-state index is 0.0974. The first-order chi connectivity index (χ1) is 8.66. The van der Waals surface area contributed by atoms with E-state index in [1.807, 2.05) is 12.1 Å². The van der Waals surface area contributed by atoms with Gasteiger partial charge in [0.1, 0.15) is 5.82 Å². The molecule has 0 amide bonds. The van der Waals surface area contributed by atoms with Crippen LogP contribution < -0.4 is 5.73 Å². The van der Waals surface area contributed by atoms with E-state index in [9.17, 15) is 10.1 Å². The van der Waals surface area contributed by atoms with Crippen LogP contribution in [0.15, 0.2) is 47.5 Å². The lowest BCUT2D eigenvalue weighted by atomic mass is 10.3. The zero-order chi connectivity index (χ0) is 13.0. The number of nitrogen functional groups attached to an aromatic ring is 1. The third-order valence-corrected chi connectivity index (χ3v) is 3.43.